The van der Waals surface area contributed by atoms with Gasteiger partial charge in [0.2, 0.25) is 5.91 Å². The number of pyridine rings is 1. The van der Waals surface area contributed by atoms with Crippen LogP contribution in [0.15, 0.2) is 42.7 Å². The summed E-state index contributed by atoms with van der Waals surface area (Å²) in [5.41, 5.74) is 2.74. The monoisotopic (exact) mass is 607 g/mol. The van der Waals surface area contributed by atoms with E-state index in [-0.39, 0.29) is 22.5 Å². The minimum atomic E-state index is -2.54. The second-order valence-electron chi connectivity index (χ2n) is 12.3. The van der Waals surface area contributed by atoms with Crippen molar-refractivity contribution in [1.29, 1.82) is 5.26 Å². The molecule has 2 atom stereocenters. The Morgan fingerprint density at radius 3 is 2.57 bits per heavy atom. The maximum absolute atomic E-state index is 14.1. The van der Waals surface area contributed by atoms with Crippen LogP contribution in [0.25, 0.3) is 21.0 Å². The summed E-state index contributed by atoms with van der Waals surface area (Å²) in [6.45, 7) is 1.26. The highest BCUT2D eigenvalue weighted by molar-refractivity contribution is 8.25. The van der Waals surface area contributed by atoms with Crippen molar-refractivity contribution >= 4 is 33.5 Å². The summed E-state index contributed by atoms with van der Waals surface area (Å²) in [5.74, 6) is -0.505. The SMILES string of the molecule is N#CC1(NC(=O)[C@@H]2CCCC[C@H]2c2nc(-c3cncc(F)c3)sc2-c2ccc(N3CCS(O)(O)C4(CC4)C3)cc2)CC1. The molecule has 3 aromatic rings. The van der Waals surface area contributed by atoms with E-state index in [2.05, 4.69) is 45.5 Å². The van der Waals surface area contributed by atoms with Gasteiger partial charge in [0.25, 0.3) is 0 Å². The number of nitriles is 1. The molecule has 1 spiro atoms. The molecule has 0 unspecified atom stereocenters. The van der Waals surface area contributed by atoms with Crippen molar-refractivity contribution in [3.05, 3.63) is 54.2 Å². The Hall–Kier alpha value is -3.04. The number of rotatable bonds is 6. The fraction of sp³-hybridized carbons (Fsp3) is 0.484. The molecule has 4 fully saturated rings. The molecule has 2 aromatic heterocycles. The summed E-state index contributed by atoms with van der Waals surface area (Å²) in [5, 5.41) is 13.3. The average Bonchev–Trinajstić information content (AvgIpc) is 3.91. The summed E-state index contributed by atoms with van der Waals surface area (Å²) in [4.78, 5) is 25.8. The van der Waals surface area contributed by atoms with Crippen LogP contribution in [-0.2, 0) is 4.79 Å². The van der Waals surface area contributed by atoms with Crippen molar-refractivity contribution in [1.82, 2.24) is 15.3 Å². The Morgan fingerprint density at radius 2 is 1.88 bits per heavy atom. The number of nitrogens with one attached hydrogen (secondary N) is 1. The predicted octanol–water partition coefficient (Wildman–Crippen LogP) is 6.56. The number of hydrogen-bond acceptors (Lipinski definition) is 8. The lowest BCUT2D eigenvalue weighted by Crippen LogP contribution is -2.46. The number of carbonyl (C=O) groups is 1. The van der Waals surface area contributed by atoms with Crippen molar-refractivity contribution in [2.45, 2.75) is 67.6 Å². The van der Waals surface area contributed by atoms with Gasteiger partial charge < -0.3 is 10.2 Å². The van der Waals surface area contributed by atoms with Gasteiger partial charge in [-0.05, 0) is 62.3 Å². The zero-order chi connectivity index (χ0) is 29.1. The summed E-state index contributed by atoms with van der Waals surface area (Å²) in [6.07, 6.45) is 9.37. The van der Waals surface area contributed by atoms with Gasteiger partial charge in [0.1, 0.15) is 16.4 Å². The molecule has 3 saturated carbocycles. The molecule has 220 valence electrons. The van der Waals surface area contributed by atoms with Gasteiger partial charge in [-0.3, -0.25) is 18.9 Å². The number of carbonyl (C=O) groups excluding carboxylic acids is 1. The molecule has 11 heteroatoms. The number of nitrogens with zero attached hydrogens (tertiary/aromatic N) is 4. The van der Waals surface area contributed by atoms with E-state index in [1.165, 1.54) is 23.6 Å². The number of thiazole rings is 1. The van der Waals surface area contributed by atoms with Gasteiger partial charge in [-0.2, -0.15) is 15.9 Å². The molecule has 0 radical (unpaired) electrons. The van der Waals surface area contributed by atoms with Gasteiger partial charge in [-0.25, -0.2) is 9.37 Å². The fourth-order valence-corrected chi connectivity index (χ4v) is 9.73. The zero-order valence-corrected chi connectivity index (χ0v) is 24.9. The number of benzene rings is 1. The highest BCUT2D eigenvalue weighted by Gasteiger charge is 2.56. The highest BCUT2D eigenvalue weighted by atomic mass is 32.3. The number of hydrogen-bond donors (Lipinski definition) is 3. The van der Waals surface area contributed by atoms with Crippen LogP contribution in [0.4, 0.5) is 10.1 Å². The van der Waals surface area contributed by atoms with Crippen molar-refractivity contribution in [2.75, 3.05) is 23.7 Å². The molecule has 1 aromatic carbocycles. The molecular weight excluding hydrogens is 574 g/mol. The van der Waals surface area contributed by atoms with Gasteiger partial charge in [0.15, 0.2) is 0 Å². The lowest BCUT2D eigenvalue weighted by Gasteiger charge is -2.49. The van der Waals surface area contributed by atoms with Gasteiger partial charge in [0, 0.05) is 42.4 Å². The van der Waals surface area contributed by atoms with E-state index in [9.17, 15) is 23.6 Å². The minimum absolute atomic E-state index is 0.0768. The van der Waals surface area contributed by atoms with Crippen LogP contribution in [0.1, 0.15) is 63.0 Å². The van der Waals surface area contributed by atoms with E-state index in [1.54, 1.807) is 6.20 Å². The molecule has 4 aliphatic rings. The molecule has 1 saturated heterocycles. The van der Waals surface area contributed by atoms with Gasteiger partial charge in [-0.15, -0.1) is 11.3 Å². The Kier molecular flexibility index (Phi) is 6.81. The molecule has 3 heterocycles. The smallest absolute Gasteiger partial charge is 0.225 e. The molecule has 0 bridgehead atoms. The van der Waals surface area contributed by atoms with Gasteiger partial charge in [-0.1, -0.05) is 25.0 Å². The first kappa shape index (κ1) is 27.8. The predicted molar refractivity (Wildman–Crippen MR) is 163 cm³/mol. The van der Waals surface area contributed by atoms with Crippen LogP contribution in [0.5, 0.6) is 0 Å². The van der Waals surface area contributed by atoms with Crippen molar-refractivity contribution in [3.8, 4) is 27.1 Å². The standard InChI is InChI=1S/C31H34FN5O3S2/c32-22-15-21(16-34-17-22)29-35-26(24-3-1-2-4-25(24)28(38)36-30(18-33)9-10-30)27(41-29)20-5-7-23(8-6-20)37-13-14-42(39,40)31(19-37)11-12-31/h5-8,15-17,24-25,39-40H,1-4,9-14,19H2,(H,36,38)/t24-,25-/m1/s1. The second-order valence-corrected chi connectivity index (χ2v) is 15.9. The van der Waals surface area contributed by atoms with E-state index in [1.807, 2.05) is 0 Å². The van der Waals surface area contributed by atoms with E-state index in [0.29, 0.717) is 42.3 Å². The van der Waals surface area contributed by atoms with Gasteiger partial charge in [0.05, 0.1) is 33.3 Å². The molecule has 8 nitrogen and oxygen atoms in total. The van der Waals surface area contributed by atoms with E-state index >= 15 is 0 Å². The number of amides is 1. The van der Waals surface area contributed by atoms with Crippen LogP contribution >= 0.6 is 21.9 Å². The van der Waals surface area contributed by atoms with Crippen LogP contribution in [-0.4, -0.2) is 54.1 Å². The van der Waals surface area contributed by atoms with Crippen LogP contribution in [0.2, 0.25) is 0 Å². The summed E-state index contributed by atoms with van der Waals surface area (Å²) in [6, 6.07) is 12.0. The topological polar surface area (TPSA) is 122 Å². The summed E-state index contributed by atoms with van der Waals surface area (Å²) in [7, 11) is -2.54. The highest BCUT2D eigenvalue weighted by Crippen LogP contribution is 2.67. The number of anilines is 1. The molecule has 3 N–H and O–H groups in total. The Morgan fingerprint density at radius 1 is 1.12 bits per heavy atom. The first-order chi connectivity index (χ1) is 20.2. The average molecular weight is 608 g/mol. The lowest BCUT2D eigenvalue weighted by atomic mass is 9.76. The third-order valence-corrected chi connectivity index (χ3v) is 13.4. The Labute approximate surface area is 250 Å². The first-order valence-electron chi connectivity index (χ1n) is 14.7. The molecule has 1 aliphatic heterocycles. The quantitative estimate of drug-likeness (QED) is 0.290. The summed E-state index contributed by atoms with van der Waals surface area (Å²) < 4.78 is 34.9. The van der Waals surface area contributed by atoms with Crippen molar-refractivity contribution < 1.29 is 18.3 Å². The fourth-order valence-electron chi connectivity index (χ4n) is 6.59. The molecule has 3 aliphatic carbocycles. The third kappa shape index (κ3) is 4.98. The van der Waals surface area contributed by atoms with Gasteiger partial charge >= 0.3 is 0 Å². The third-order valence-electron chi connectivity index (χ3n) is 9.51. The first-order valence-corrected chi connectivity index (χ1v) is 17.2. The molecule has 42 heavy (non-hydrogen) atoms. The maximum Gasteiger partial charge on any atom is 0.225 e. The van der Waals surface area contributed by atoms with E-state index in [4.69, 9.17) is 4.98 Å². The van der Waals surface area contributed by atoms with Crippen molar-refractivity contribution in [2.24, 2.45) is 5.92 Å². The largest absolute Gasteiger partial charge is 0.368 e. The second kappa shape index (κ2) is 10.3. The Bertz CT molecular complexity index is 1560. The zero-order valence-electron chi connectivity index (χ0n) is 23.3. The van der Waals surface area contributed by atoms with Crippen LogP contribution < -0.4 is 10.2 Å². The minimum Gasteiger partial charge on any atom is -0.368 e. The van der Waals surface area contributed by atoms with Crippen LogP contribution in [0, 0.1) is 23.1 Å². The molecule has 1 amide bonds. The van der Waals surface area contributed by atoms with E-state index in [0.717, 1.165) is 60.3 Å². The Balaban J connectivity index is 1.22. The number of halogens is 1. The summed E-state index contributed by atoms with van der Waals surface area (Å²) >= 11 is 1.48. The van der Waals surface area contributed by atoms with E-state index < -0.39 is 21.9 Å². The lowest BCUT2D eigenvalue weighted by molar-refractivity contribution is -0.127. The molecule has 7 rings (SSSR count). The van der Waals surface area contributed by atoms with Crippen molar-refractivity contribution in [3.63, 3.8) is 0 Å². The number of aromatic nitrogens is 2. The molecular formula is C31H34FN5O3S2. The maximum atomic E-state index is 14.1. The van der Waals surface area contributed by atoms with Crippen LogP contribution in [0.3, 0.4) is 0 Å². The normalized spacial score (nSPS) is 25.8.